The SMILES string of the molecule is Cc1ccccc1OCC(=O)N/N=C\c1ccc(OCC(=O)Nc2ccc(F)cc2)cc1. The summed E-state index contributed by atoms with van der Waals surface area (Å²) in [6.45, 7) is 1.56. The van der Waals surface area contributed by atoms with E-state index in [0.29, 0.717) is 17.2 Å². The minimum atomic E-state index is -0.378. The molecule has 0 atom stereocenters. The highest BCUT2D eigenvalue weighted by atomic mass is 19.1. The highest BCUT2D eigenvalue weighted by Crippen LogP contribution is 2.16. The molecule has 164 valence electrons. The van der Waals surface area contributed by atoms with E-state index in [-0.39, 0.29) is 30.8 Å². The molecule has 2 amide bonds. The fraction of sp³-hybridized carbons (Fsp3) is 0.125. The highest BCUT2D eigenvalue weighted by Gasteiger charge is 2.05. The van der Waals surface area contributed by atoms with Crippen molar-refractivity contribution < 1.29 is 23.5 Å². The molecule has 0 aliphatic carbocycles. The van der Waals surface area contributed by atoms with Gasteiger partial charge in [-0.3, -0.25) is 9.59 Å². The van der Waals surface area contributed by atoms with Gasteiger partial charge in [-0.1, -0.05) is 18.2 Å². The van der Waals surface area contributed by atoms with E-state index >= 15 is 0 Å². The zero-order valence-electron chi connectivity index (χ0n) is 17.4. The molecule has 8 heteroatoms. The quantitative estimate of drug-likeness (QED) is 0.396. The summed E-state index contributed by atoms with van der Waals surface area (Å²) in [7, 11) is 0. The lowest BCUT2D eigenvalue weighted by Gasteiger charge is -2.08. The molecule has 0 unspecified atom stereocenters. The first-order valence-corrected chi connectivity index (χ1v) is 9.78. The lowest BCUT2D eigenvalue weighted by molar-refractivity contribution is -0.123. The molecule has 32 heavy (non-hydrogen) atoms. The second-order valence-electron chi connectivity index (χ2n) is 6.76. The fourth-order valence-electron chi connectivity index (χ4n) is 2.60. The van der Waals surface area contributed by atoms with Gasteiger partial charge < -0.3 is 14.8 Å². The maximum absolute atomic E-state index is 12.9. The van der Waals surface area contributed by atoms with Crippen molar-refractivity contribution in [3.63, 3.8) is 0 Å². The number of ether oxygens (including phenoxy) is 2. The summed E-state index contributed by atoms with van der Waals surface area (Å²) in [5, 5.41) is 6.51. The molecule has 0 heterocycles. The summed E-state index contributed by atoms with van der Waals surface area (Å²) in [6, 6.07) is 19.7. The van der Waals surface area contributed by atoms with E-state index in [1.54, 1.807) is 30.3 Å². The first kappa shape index (κ1) is 22.5. The van der Waals surface area contributed by atoms with Crippen molar-refractivity contribution in [2.45, 2.75) is 6.92 Å². The van der Waals surface area contributed by atoms with Crippen LogP contribution in [0.5, 0.6) is 11.5 Å². The molecule has 3 aromatic rings. The monoisotopic (exact) mass is 435 g/mol. The Hall–Kier alpha value is -4.20. The third kappa shape index (κ3) is 7.24. The smallest absolute Gasteiger partial charge is 0.277 e. The number of halogens is 1. The topological polar surface area (TPSA) is 89.0 Å². The minimum Gasteiger partial charge on any atom is -0.484 e. The van der Waals surface area contributed by atoms with Crippen LogP contribution in [0.2, 0.25) is 0 Å². The van der Waals surface area contributed by atoms with Crippen molar-refractivity contribution in [3.05, 3.63) is 89.7 Å². The predicted molar refractivity (Wildman–Crippen MR) is 119 cm³/mol. The number of carbonyl (C=O) groups excluding carboxylic acids is 2. The Morgan fingerprint density at radius 3 is 2.31 bits per heavy atom. The van der Waals surface area contributed by atoms with Crippen molar-refractivity contribution in [1.29, 1.82) is 0 Å². The predicted octanol–water partition coefficient (Wildman–Crippen LogP) is 3.68. The summed E-state index contributed by atoms with van der Waals surface area (Å²) in [4.78, 5) is 23.7. The van der Waals surface area contributed by atoms with Crippen molar-refractivity contribution >= 4 is 23.7 Å². The average Bonchev–Trinajstić information content (AvgIpc) is 2.79. The van der Waals surface area contributed by atoms with E-state index in [1.165, 1.54) is 30.5 Å². The number of nitrogens with zero attached hydrogens (tertiary/aromatic N) is 1. The van der Waals surface area contributed by atoms with E-state index in [0.717, 1.165) is 11.1 Å². The number of hydrogen-bond donors (Lipinski definition) is 2. The maximum Gasteiger partial charge on any atom is 0.277 e. The van der Waals surface area contributed by atoms with Crippen molar-refractivity contribution in [3.8, 4) is 11.5 Å². The third-order valence-electron chi connectivity index (χ3n) is 4.23. The van der Waals surface area contributed by atoms with Gasteiger partial charge in [-0.05, 0) is 72.6 Å². The summed E-state index contributed by atoms with van der Waals surface area (Å²) >= 11 is 0. The molecule has 3 rings (SSSR count). The normalized spacial score (nSPS) is 10.6. The van der Waals surface area contributed by atoms with Crippen molar-refractivity contribution in [2.75, 3.05) is 18.5 Å². The number of amides is 2. The van der Waals surface area contributed by atoms with Crippen LogP contribution in [0.15, 0.2) is 77.9 Å². The molecule has 7 nitrogen and oxygen atoms in total. The Labute approximate surface area is 184 Å². The summed E-state index contributed by atoms with van der Waals surface area (Å²) in [5.74, 6) is 0.0215. The molecule has 0 saturated heterocycles. The van der Waals surface area contributed by atoms with Gasteiger partial charge in [0.1, 0.15) is 17.3 Å². The van der Waals surface area contributed by atoms with E-state index in [9.17, 15) is 14.0 Å². The van der Waals surface area contributed by atoms with Gasteiger partial charge in [0.25, 0.3) is 11.8 Å². The van der Waals surface area contributed by atoms with Gasteiger partial charge >= 0.3 is 0 Å². The Balaban J connectivity index is 1.39. The summed E-state index contributed by atoms with van der Waals surface area (Å²) < 4.78 is 23.8. The molecule has 0 fully saturated rings. The molecular formula is C24H22FN3O4. The van der Waals surface area contributed by atoms with E-state index < -0.39 is 0 Å². The molecule has 0 aliphatic heterocycles. The summed E-state index contributed by atoms with van der Waals surface area (Å²) in [6.07, 6.45) is 1.48. The van der Waals surface area contributed by atoms with Crippen LogP contribution in [0, 0.1) is 12.7 Å². The van der Waals surface area contributed by atoms with Gasteiger partial charge in [-0.2, -0.15) is 5.10 Å². The van der Waals surface area contributed by atoms with E-state index in [4.69, 9.17) is 9.47 Å². The lowest BCUT2D eigenvalue weighted by Crippen LogP contribution is -2.24. The molecular weight excluding hydrogens is 413 g/mol. The van der Waals surface area contributed by atoms with Gasteiger partial charge in [0.05, 0.1) is 6.21 Å². The van der Waals surface area contributed by atoms with E-state index in [1.807, 2.05) is 25.1 Å². The number of anilines is 1. The Kier molecular flexibility index (Phi) is 7.91. The van der Waals surface area contributed by atoms with Crippen LogP contribution in [0.1, 0.15) is 11.1 Å². The molecule has 3 aromatic carbocycles. The molecule has 0 aliphatic rings. The van der Waals surface area contributed by atoms with Gasteiger partial charge in [-0.25, -0.2) is 9.82 Å². The van der Waals surface area contributed by atoms with Gasteiger partial charge in [-0.15, -0.1) is 0 Å². The Bertz CT molecular complexity index is 1080. The van der Waals surface area contributed by atoms with Crippen LogP contribution < -0.4 is 20.2 Å². The first-order valence-electron chi connectivity index (χ1n) is 9.78. The van der Waals surface area contributed by atoms with Crippen LogP contribution in [-0.4, -0.2) is 31.2 Å². The second-order valence-corrected chi connectivity index (χ2v) is 6.76. The number of nitrogens with one attached hydrogen (secondary N) is 2. The van der Waals surface area contributed by atoms with Crippen LogP contribution in [0.25, 0.3) is 0 Å². The molecule has 0 radical (unpaired) electrons. The van der Waals surface area contributed by atoms with Gasteiger partial charge in [0.2, 0.25) is 0 Å². The zero-order valence-corrected chi connectivity index (χ0v) is 17.4. The molecule has 0 bridgehead atoms. The number of carbonyl (C=O) groups is 2. The maximum atomic E-state index is 12.9. The lowest BCUT2D eigenvalue weighted by atomic mass is 10.2. The summed E-state index contributed by atoms with van der Waals surface area (Å²) in [5.41, 5.74) is 4.56. The van der Waals surface area contributed by atoms with Crippen molar-refractivity contribution in [1.82, 2.24) is 5.43 Å². The molecule has 0 spiro atoms. The first-order chi connectivity index (χ1) is 15.5. The second kappa shape index (κ2) is 11.3. The van der Waals surface area contributed by atoms with Crippen LogP contribution in [-0.2, 0) is 9.59 Å². The number of aryl methyl sites for hydroxylation is 1. The van der Waals surface area contributed by atoms with Crippen LogP contribution in [0.3, 0.4) is 0 Å². The number of hydrogen-bond acceptors (Lipinski definition) is 5. The number of hydrazone groups is 1. The van der Waals surface area contributed by atoms with Gasteiger partial charge in [0.15, 0.2) is 13.2 Å². The Morgan fingerprint density at radius 2 is 1.59 bits per heavy atom. The number of benzene rings is 3. The third-order valence-corrected chi connectivity index (χ3v) is 4.23. The highest BCUT2D eigenvalue weighted by molar-refractivity contribution is 5.91. The zero-order chi connectivity index (χ0) is 22.8. The Morgan fingerprint density at radius 1 is 0.906 bits per heavy atom. The number of rotatable bonds is 9. The van der Waals surface area contributed by atoms with Crippen LogP contribution >= 0.6 is 0 Å². The molecule has 0 saturated carbocycles. The molecule has 0 aromatic heterocycles. The number of para-hydroxylation sites is 1. The van der Waals surface area contributed by atoms with Crippen LogP contribution in [0.4, 0.5) is 10.1 Å². The van der Waals surface area contributed by atoms with Gasteiger partial charge in [0, 0.05) is 5.69 Å². The molecule has 2 N–H and O–H groups in total. The largest absolute Gasteiger partial charge is 0.484 e. The average molecular weight is 435 g/mol. The standard InChI is InChI=1S/C24H22FN3O4/c1-17-4-2-3-5-22(17)32-16-24(30)28-26-14-18-6-12-21(13-7-18)31-15-23(29)27-20-10-8-19(25)9-11-20/h2-14H,15-16H2,1H3,(H,27,29)(H,28,30)/b26-14-. The minimum absolute atomic E-state index is 0.144. The van der Waals surface area contributed by atoms with Crippen molar-refractivity contribution in [2.24, 2.45) is 5.10 Å². The fourth-order valence-corrected chi connectivity index (χ4v) is 2.60. The van der Waals surface area contributed by atoms with E-state index in [2.05, 4.69) is 15.8 Å².